The van der Waals surface area contributed by atoms with Crippen LogP contribution in [0.5, 0.6) is 0 Å². The van der Waals surface area contributed by atoms with Crippen LogP contribution in [-0.4, -0.2) is 33.3 Å². The number of aldehydes is 1. The fourth-order valence-corrected chi connectivity index (χ4v) is 0.893. The maximum Gasteiger partial charge on any atom is 0.100 e. The maximum atomic E-state index is 10.2. The van der Waals surface area contributed by atoms with E-state index in [-0.39, 0.29) is 55.5 Å². The van der Waals surface area contributed by atoms with Gasteiger partial charge in [-0.2, -0.15) is 0 Å². The molecule has 173 valence electrons. The molecule has 0 aromatic carbocycles. The molecule has 0 unspecified atom stereocenters. The molecule has 0 atom stereocenters. The van der Waals surface area contributed by atoms with Gasteiger partial charge in [0.2, 0.25) is 0 Å². The molecule has 0 saturated heterocycles. The van der Waals surface area contributed by atoms with Crippen LogP contribution in [-0.2, 0) is 32.9 Å². The molecule has 0 amide bonds. The second-order valence-corrected chi connectivity index (χ2v) is 4.07. The number of allylic oxidation sites excluding steroid dienone is 4. The first-order chi connectivity index (χ1) is 13.0. The van der Waals surface area contributed by atoms with E-state index in [2.05, 4.69) is 34.9 Å². The number of unbranched alkanes of at least 4 members (excludes halogenated alkanes) is 1. The Kier molecular flexibility index (Phi) is 142. The van der Waals surface area contributed by atoms with Gasteiger partial charge >= 0.3 is 0 Å². The third kappa shape index (κ3) is 159. The summed E-state index contributed by atoms with van der Waals surface area (Å²) in [4.78, 5) is 19.8. The zero-order valence-corrected chi connectivity index (χ0v) is 26.0. The third-order valence-corrected chi connectivity index (χ3v) is 1.77. The summed E-state index contributed by atoms with van der Waals surface area (Å²) in [6.45, 7) is 13.5. The molecular formula is C22H47N2O3UV-. The van der Waals surface area contributed by atoms with Gasteiger partial charge in [0.05, 0.1) is 19.7 Å². The SMILES string of the molecule is CC.CC(=O)C[CH-]CC=O.CC=CCC.CC=CNC.CC=COC.CN.[U].[V]. The molecule has 3 N–H and O–H groups in total. The zero-order valence-electron chi connectivity index (χ0n) is 20.5. The Morgan fingerprint density at radius 1 is 1.10 bits per heavy atom. The predicted octanol–water partition coefficient (Wildman–Crippen LogP) is 5.24. The number of ketones is 1. The van der Waals surface area contributed by atoms with Crippen LogP contribution < -0.4 is 11.1 Å². The fraction of sp³-hybridized carbons (Fsp3) is 0.591. The van der Waals surface area contributed by atoms with Crippen molar-refractivity contribution >= 4 is 12.1 Å². The van der Waals surface area contributed by atoms with E-state index in [1.165, 1.54) is 14.0 Å². The minimum absolute atomic E-state index is 0. The third-order valence-electron chi connectivity index (χ3n) is 1.77. The molecule has 0 aliphatic carbocycles. The Morgan fingerprint density at radius 3 is 1.69 bits per heavy atom. The molecule has 5 nitrogen and oxygen atoms in total. The van der Waals surface area contributed by atoms with Crippen molar-refractivity contribution in [3.8, 4) is 0 Å². The number of rotatable bonds is 7. The number of carbonyl (C=O) groups excluding carboxylic acids is 2. The van der Waals surface area contributed by atoms with Gasteiger partial charge in [-0.15, -0.1) is 12.8 Å². The second kappa shape index (κ2) is 80.0. The summed E-state index contributed by atoms with van der Waals surface area (Å²) in [5.74, 6) is 0.104. The van der Waals surface area contributed by atoms with Crippen LogP contribution in [0.15, 0.2) is 36.8 Å². The van der Waals surface area contributed by atoms with Crippen LogP contribution in [0.2, 0.25) is 0 Å². The van der Waals surface area contributed by atoms with Crippen molar-refractivity contribution in [2.45, 2.75) is 67.7 Å². The molecule has 0 fully saturated rings. The van der Waals surface area contributed by atoms with Crippen molar-refractivity contribution in [1.29, 1.82) is 0 Å². The number of methoxy groups -OCH3 is 1. The summed E-state index contributed by atoms with van der Waals surface area (Å²) in [7, 11) is 5.00. The summed E-state index contributed by atoms with van der Waals surface area (Å²) < 4.78 is 4.51. The molecular weight excluding hydrogens is 629 g/mol. The van der Waals surface area contributed by atoms with E-state index >= 15 is 0 Å². The molecule has 0 heterocycles. The Morgan fingerprint density at radius 2 is 1.59 bits per heavy atom. The number of nitrogens with two attached hydrogens (primary N) is 1. The van der Waals surface area contributed by atoms with Crippen molar-refractivity contribution in [1.82, 2.24) is 5.32 Å². The topological polar surface area (TPSA) is 81.4 Å². The smallest absolute Gasteiger partial charge is 0.100 e. The Hall–Kier alpha value is -0.244. The van der Waals surface area contributed by atoms with Gasteiger partial charge in [0, 0.05) is 56.7 Å². The van der Waals surface area contributed by atoms with E-state index in [9.17, 15) is 9.59 Å². The van der Waals surface area contributed by atoms with Crippen molar-refractivity contribution in [3.05, 3.63) is 43.2 Å². The molecule has 7 heteroatoms. The van der Waals surface area contributed by atoms with Crippen LogP contribution in [0, 0.1) is 37.5 Å². The van der Waals surface area contributed by atoms with Crippen molar-refractivity contribution < 1.29 is 64.0 Å². The predicted molar refractivity (Wildman–Crippen MR) is 123 cm³/mol. The average molecular weight is 677 g/mol. The normalized spacial score (nSPS) is 7.69. The first-order valence-corrected chi connectivity index (χ1v) is 9.38. The van der Waals surface area contributed by atoms with Gasteiger partial charge in [0.1, 0.15) is 5.78 Å². The van der Waals surface area contributed by atoms with Gasteiger partial charge in [-0.1, -0.05) is 45.1 Å². The summed E-state index contributed by atoms with van der Waals surface area (Å²) in [5, 5.41) is 2.84. The first kappa shape index (κ1) is 51.4. The van der Waals surface area contributed by atoms with E-state index in [4.69, 9.17) is 0 Å². The summed E-state index contributed by atoms with van der Waals surface area (Å²) >= 11 is 0. The maximum absolute atomic E-state index is 10.2. The van der Waals surface area contributed by atoms with Crippen LogP contribution in [0.4, 0.5) is 0 Å². The van der Waals surface area contributed by atoms with E-state index < -0.39 is 0 Å². The van der Waals surface area contributed by atoms with Gasteiger partial charge in [-0.3, -0.25) is 0 Å². The van der Waals surface area contributed by atoms with Crippen LogP contribution in [0.25, 0.3) is 0 Å². The first-order valence-electron chi connectivity index (χ1n) is 9.38. The van der Waals surface area contributed by atoms with Gasteiger partial charge in [-0.25, -0.2) is 0 Å². The van der Waals surface area contributed by atoms with Crippen LogP contribution >= 0.6 is 0 Å². The Balaban J connectivity index is -0.0000000318. The summed E-state index contributed by atoms with van der Waals surface area (Å²) in [6, 6.07) is 0. The molecule has 0 aliphatic heterocycles. The fourth-order valence-electron chi connectivity index (χ4n) is 0.893. The number of carbonyl (C=O) groups is 2. The molecule has 29 heavy (non-hydrogen) atoms. The van der Waals surface area contributed by atoms with Crippen LogP contribution in [0.1, 0.15) is 67.7 Å². The number of ether oxygens (including phenoxy) is 1. The minimum atomic E-state index is 0. The Bertz CT molecular complexity index is 284. The number of nitrogens with one attached hydrogen (secondary N) is 1. The van der Waals surface area contributed by atoms with Gasteiger partial charge in [-0.05, 0) is 47.4 Å². The molecule has 0 aromatic heterocycles. The summed E-state index contributed by atoms with van der Waals surface area (Å²) in [5.41, 5.74) is 4.50. The zero-order chi connectivity index (χ0) is 22.8. The average Bonchev–Trinajstić information content (AvgIpc) is 2.68. The van der Waals surface area contributed by atoms with Crippen LogP contribution in [0.3, 0.4) is 0 Å². The number of hydrogen-bond donors (Lipinski definition) is 2. The van der Waals surface area contributed by atoms with Crippen molar-refractivity contribution in [2.75, 3.05) is 21.2 Å². The quantitative estimate of drug-likeness (QED) is 0.127. The van der Waals surface area contributed by atoms with Crippen molar-refractivity contribution in [3.63, 3.8) is 0 Å². The van der Waals surface area contributed by atoms with Crippen molar-refractivity contribution in [2.24, 2.45) is 5.73 Å². The molecule has 0 spiro atoms. The van der Waals surface area contributed by atoms with E-state index in [0.717, 1.165) is 12.7 Å². The minimum Gasteiger partial charge on any atom is -0.505 e. The van der Waals surface area contributed by atoms with E-state index in [1.807, 2.05) is 60.0 Å². The number of Topliss-reactive ketones (excluding diaryl/α,β-unsaturated/α-hetero) is 1. The molecule has 0 rings (SSSR count). The van der Waals surface area contributed by atoms with E-state index in [0.29, 0.717) is 12.8 Å². The standard InChI is InChI=1S/C6H9O2.C5H10.C4H9N.C4H8O.C2H6.CH5N.U.V/c1-6(8)4-2-3-5-7;1-3-5-4-2;2*1-3-4-5-2;2*1-2;;/h2,5H,3-4H2,1H3;3,5H,4H2,1-2H3;3-5H,1-2H3;3-4H,1-2H3;1-2H3;2H2,1H3;;/q-1;;;;;;;. The second-order valence-electron chi connectivity index (χ2n) is 4.07. The number of hydrogen-bond acceptors (Lipinski definition) is 5. The molecule has 0 aromatic rings. The molecule has 0 aliphatic rings. The Labute approximate surface area is 218 Å². The van der Waals surface area contributed by atoms with E-state index in [1.54, 1.807) is 19.8 Å². The van der Waals surface area contributed by atoms with Gasteiger partial charge < -0.3 is 31.8 Å². The monoisotopic (exact) mass is 676 g/mol. The molecule has 1 radical (unpaired) electrons. The van der Waals surface area contributed by atoms with Gasteiger partial charge in [0.15, 0.2) is 0 Å². The molecule has 0 bridgehead atoms. The largest absolute Gasteiger partial charge is 0.505 e. The molecule has 0 saturated carbocycles. The van der Waals surface area contributed by atoms with Gasteiger partial charge in [0.25, 0.3) is 0 Å². The summed E-state index contributed by atoms with van der Waals surface area (Å²) in [6.07, 6.45) is 15.9.